The van der Waals surface area contributed by atoms with Crippen molar-refractivity contribution in [1.82, 2.24) is 15.0 Å². The van der Waals surface area contributed by atoms with Crippen LogP contribution in [0.5, 0.6) is 0 Å². The van der Waals surface area contributed by atoms with Gasteiger partial charge in [0.05, 0.1) is 0 Å². The van der Waals surface area contributed by atoms with Gasteiger partial charge in [-0.3, -0.25) is 4.79 Å². The average molecular weight is 318 g/mol. The average Bonchev–Trinajstić information content (AvgIpc) is 3.08. The first-order valence-corrected chi connectivity index (χ1v) is 8.00. The predicted octanol–water partition coefficient (Wildman–Crippen LogP) is 3.58. The summed E-state index contributed by atoms with van der Waals surface area (Å²) in [6.45, 7) is 0.716. The lowest BCUT2D eigenvalue weighted by atomic mass is 10.1. The van der Waals surface area contributed by atoms with Crippen molar-refractivity contribution in [1.29, 1.82) is 0 Å². The molecule has 1 saturated carbocycles. The van der Waals surface area contributed by atoms with Crippen LogP contribution in [-0.2, 0) is 0 Å². The Balaban J connectivity index is 1.56. The van der Waals surface area contributed by atoms with Gasteiger partial charge < -0.3 is 9.42 Å². The van der Waals surface area contributed by atoms with E-state index in [0.717, 1.165) is 31.5 Å². The number of rotatable bonds is 3. The fourth-order valence-corrected chi connectivity index (χ4v) is 3.04. The van der Waals surface area contributed by atoms with Crippen molar-refractivity contribution >= 4 is 17.5 Å². The molecule has 4 rings (SSSR count). The van der Waals surface area contributed by atoms with Crippen LogP contribution < -0.4 is 0 Å². The molecule has 0 N–H and O–H groups in total. The van der Waals surface area contributed by atoms with Crippen molar-refractivity contribution in [2.75, 3.05) is 6.54 Å². The number of nitrogens with zero attached hydrogens (tertiary/aromatic N) is 3. The first-order chi connectivity index (χ1) is 10.7. The number of carbonyl (C=O) groups is 1. The molecule has 2 aromatic rings. The van der Waals surface area contributed by atoms with E-state index in [-0.39, 0.29) is 11.9 Å². The fourth-order valence-electron chi connectivity index (χ4n) is 2.91. The van der Waals surface area contributed by atoms with E-state index in [0.29, 0.717) is 28.9 Å². The standard InChI is InChI=1S/C16H16ClN3O2/c17-12-7-5-11(6-8-12)16(21)20-9-1-2-13(20)15-18-14(19-22-15)10-3-4-10/h5-8,10,13H,1-4,9H2. The Morgan fingerprint density at radius 1 is 1.23 bits per heavy atom. The normalized spacial score (nSPS) is 21.3. The third-order valence-corrected chi connectivity index (χ3v) is 4.54. The van der Waals surface area contributed by atoms with E-state index in [9.17, 15) is 4.79 Å². The lowest BCUT2D eigenvalue weighted by molar-refractivity contribution is 0.0710. The van der Waals surface area contributed by atoms with Crippen molar-refractivity contribution < 1.29 is 9.32 Å². The molecule has 5 nitrogen and oxygen atoms in total. The van der Waals surface area contributed by atoms with E-state index < -0.39 is 0 Å². The third kappa shape index (κ3) is 2.50. The van der Waals surface area contributed by atoms with Gasteiger partial charge >= 0.3 is 0 Å². The molecule has 0 bridgehead atoms. The van der Waals surface area contributed by atoms with Crippen LogP contribution in [0.15, 0.2) is 28.8 Å². The predicted molar refractivity (Wildman–Crippen MR) is 80.7 cm³/mol. The summed E-state index contributed by atoms with van der Waals surface area (Å²) in [5, 5.41) is 4.68. The van der Waals surface area contributed by atoms with Crippen LogP contribution in [0.2, 0.25) is 5.02 Å². The molecule has 1 amide bonds. The van der Waals surface area contributed by atoms with Gasteiger partial charge in [0.15, 0.2) is 5.82 Å². The molecule has 1 aromatic carbocycles. The Morgan fingerprint density at radius 2 is 2.00 bits per heavy atom. The molecule has 1 unspecified atom stereocenters. The maximum Gasteiger partial charge on any atom is 0.254 e. The highest BCUT2D eigenvalue weighted by atomic mass is 35.5. The topological polar surface area (TPSA) is 59.2 Å². The van der Waals surface area contributed by atoms with E-state index in [1.165, 1.54) is 0 Å². The highest BCUT2D eigenvalue weighted by Gasteiger charge is 2.36. The molecule has 0 spiro atoms. The summed E-state index contributed by atoms with van der Waals surface area (Å²) >= 11 is 5.88. The molecule has 114 valence electrons. The molecule has 6 heteroatoms. The minimum Gasteiger partial charge on any atom is -0.337 e. The summed E-state index contributed by atoms with van der Waals surface area (Å²) in [5.41, 5.74) is 0.637. The van der Waals surface area contributed by atoms with Crippen LogP contribution in [0.25, 0.3) is 0 Å². The number of halogens is 1. The minimum atomic E-state index is -0.108. The SMILES string of the molecule is O=C(c1ccc(Cl)cc1)N1CCCC1c1nc(C2CC2)no1. The van der Waals surface area contributed by atoms with Crippen molar-refractivity contribution in [3.8, 4) is 0 Å². The number of amides is 1. The van der Waals surface area contributed by atoms with Gasteiger partial charge in [0.1, 0.15) is 6.04 Å². The van der Waals surface area contributed by atoms with E-state index in [1.54, 1.807) is 24.3 Å². The van der Waals surface area contributed by atoms with Crippen LogP contribution in [0, 0.1) is 0 Å². The Labute approximate surface area is 133 Å². The molecule has 0 radical (unpaired) electrons. The molecular formula is C16H16ClN3O2. The molecule has 1 aliphatic carbocycles. The number of hydrogen-bond donors (Lipinski definition) is 0. The van der Waals surface area contributed by atoms with Crippen LogP contribution in [0.4, 0.5) is 0 Å². The number of likely N-dealkylation sites (tertiary alicyclic amines) is 1. The minimum absolute atomic E-state index is 0.00895. The zero-order chi connectivity index (χ0) is 15.1. The molecule has 22 heavy (non-hydrogen) atoms. The van der Waals surface area contributed by atoms with Crippen molar-refractivity contribution in [2.24, 2.45) is 0 Å². The quantitative estimate of drug-likeness (QED) is 0.868. The molecule has 2 fully saturated rings. The van der Waals surface area contributed by atoms with Crippen molar-refractivity contribution in [2.45, 2.75) is 37.6 Å². The highest BCUT2D eigenvalue weighted by Crippen LogP contribution is 2.40. The van der Waals surface area contributed by atoms with E-state index in [1.807, 2.05) is 4.90 Å². The molecule has 1 aliphatic heterocycles. The number of hydrogen-bond acceptors (Lipinski definition) is 4. The zero-order valence-electron chi connectivity index (χ0n) is 12.0. The summed E-state index contributed by atoms with van der Waals surface area (Å²) < 4.78 is 5.41. The van der Waals surface area contributed by atoms with E-state index >= 15 is 0 Å². The van der Waals surface area contributed by atoms with Gasteiger partial charge in [0.25, 0.3) is 5.91 Å². The maximum atomic E-state index is 12.7. The molecule has 1 aromatic heterocycles. The van der Waals surface area contributed by atoms with E-state index in [4.69, 9.17) is 16.1 Å². The third-order valence-electron chi connectivity index (χ3n) is 4.29. The lowest BCUT2D eigenvalue weighted by Gasteiger charge is -2.21. The number of benzene rings is 1. The van der Waals surface area contributed by atoms with E-state index in [2.05, 4.69) is 10.1 Å². The van der Waals surface area contributed by atoms with Gasteiger partial charge in [-0.05, 0) is 49.9 Å². The first-order valence-electron chi connectivity index (χ1n) is 7.62. The molecule has 1 atom stereocenters. The van der Waals surface area contributed by atoms with Gasteiger partial charge in [-0.25, -0.2) is 0 Å². The Hall–Kier alpha value is -1.88. The van der Waals surface area contributed by atoms with Crippen LogP contribution in [-0.4, -0.2) is 27.5 Å². The highest BCUT2D eigenvalue weighted by molar-refractivity contribution is 6.30. The van der Waals surface area contributed by atoms with Crippen LogP contribution in [0.1, 0.15) is 59.7 Å². The zero-order valence-corrected chi connectivity index (χ0v) is 12.8. The summed E-state index contributed by atoms with van der Waals surface area (Å²) in [6.07, 6.45) is 4.09. The Morgan fingerprint density at radius 3 is 2.73 bits per heavy atom. The van der Waals surface area contributed by atoms with Gasteiger partial charge in [0.2, 0.25) is 5.89 Å². The van der Waals surface area contributed by atoms with Crippen LogP contribution >= 0.6 is 11.6 Å². The van der Waals surface area contributed by atoms with Crippen molar-refractivity contribution in [3.05, 3.63) is 46.6 Å². The second kappa shape index (κ2) is 5.39. The van der Waals surface area contributed by atoms with Gasteiger partial charge in [0, 0.05) is 23.0 Å². The smallest absolute Gasteiger partial charge is 0.254 e. The Kier molecular flexibility index (Phi) is 3.37. The lowest BCUT2D eigenvalue weighted by Crippen LogP contribution is -2.30. The Bertz CT molecular complexity index is 694. The summed E-state index contributed by atoms with van der Waals surface area (Å²) in [7, 11) is 0. The second-order valence-electron chi connectivity index (χ2n) is 5.93. The molecular weight excluding hydrogens is 302 g/mol. The second-order valence-corrected chi connectivity index (χ2v) is 6.36. The summed E-state index contributed by atoms with van der Waals surface area (Å²) in [4.78, 5) is 19.0. The van der Waals surface area contributed by atoms with Gasteiger partial charge in [-0.2, -0.15) is 4.98 Å². The molecule has 2 aliphatic rings. The number of carbonyl (C=O) groups excluding carboxylic acids is 1. The van der Waals surface area contributed by atoms with Gasteiger partial charge in [-0.1, -0.05) is 16.8 Å². The molecule has 2 heterocycles. The maximum absolute atomic E-state index is 12.7. The van der Waals surface area contributed by atoms with Crippen LogP contribution in [0.3, 0.4) is 0 Å². The van der Waals surface area contributed by atoms with Crippen molar-refractivity contribution in [3.63, 3.8) is 0 Å². The monoisotopic (exact) mass is 317 g/mol. The molecule has 1 saturated heterocycles. The summed E-state index contributed by atoms with van der Waals surface area (Å²) in [6, 6.07) is 6.87. The first kappa shape index (κ1) is 13.8. The largest absolute Gasteiger partial charge is 0.337 e. The summed E-state index contributed by atoms with van der Waals surface area (Å²) in [5.74, 6) is 1.81. The van der Waals surface area contributed by atoms with Gasteiger partial charge in [-0.15, -0.1) is 0 Å². The number of aromatic nitrogens is 2. The fraction of sp³-hybridized carbons (Fsp3) is 0.438.